The van der Waals surface area contributed by atoms with E-state index in [4.69, 9.17) is 9.47 Å². The van der Waals surface area contributed by atoms with E-state index in [1.165, 1.54) is 29.2 Å². The summed E-state index contributed by atoms with van der Waals surface area (Å²) in [5, 5.41) is 11.5. The van der Waals surface area contributed by atoms with Crippen molar-refractivity contribution in [2.75, 3.05) is 59.4 Å². The van der Waals surface area contributed by atoms with Gasteiger partial charge in [0.2, 0.25) is 11.8 Å². The molecule has 0 saturated carbocycles. The number of ether oxygens (including phenoxy) is 2. The van der Waals surface area contributed by atoms with Gasteiger partial charge in [0.05, 0.1) is 33.0 Å². The summed E-state index contributed by atoms with van der Waals surface area (Å²) in [5.41, 5.74) is 1.65. The van der Waals surface area contributed by atoms with Crippen LogP contribution in [0.5, 0.6) is 0 Å². The summed E-state index contributed by atoms with van der Waals surface area (Å²) in [6.07, 6.45) is 19.9. The van der Waals surface area contributed by atoms with Crippen LogP contribution in [0.1, 0.15) is 78.1 Å². The highest BCUT2D eigenvalue weighted by atomic mass is 32.2. The molecule has 3 aliphatic heterocycles. The monoisotopic (exact) mass is 968 g/mol. The molecule has 0 spiro atoms. The first-order valence-electron chi connectivity index (χ1n) is 21.9. The number of unbranched alkanes of at least 4 members (excludes halogenated alkanes) is 2. The summed E-state index contributed by atoms with van der Waals surface area (Å²) < 4.78 is 118. The minimum Gasteiger partial charge on any atom is -0.748 e. The Labute approximate surface area is 383 Å². The molecule has 1 fully saturated rings. The zero-order valence-electron chi connectivity index (χ0n) is 37.5. The van der Waals surface area contributed by atoms with E-state index in [0.717, 1.165) is 29.9 Å². The molecule has 21 heteroatoms. The number of likely N-dealkylation sites (tertiary alicyclic amines) is 1. The van der Waals surface area contributed by atoms with Crippen molar-refractivity contribution in [2.24, 2.45) is 16.7 Å². The molecule has 5 aliphatic rings. The largest absolute Gasteiger partial charge is 0.748 e. The van der Waals surface area contributed by atoms with Crippen molar-refractivity contribution in [2.45, 2.75) is 95.6 Å². The molecule has 0 aromatic carbocycles. The Morgan fingerprint density at radius 1 is 0.985 bits per heavy atom. The normalized spacial score (nSPS) is 27.5. The van der Waals surface area contributed by atoms with Crippen LogP contribution in [-0.2, 0) is 49.4 Å². The number of allylic oxidation sites excluding steroid dienone is 7. The van der Waals surface area contributed by atoms with E-state index in [2.05, 4.69) is 16.8 Å². The lowest BCUT2D eigenvalue weighted by Crippen LogP contribution is -2.40. The van der Waals surface area contributed by atoms with Crippen LogP contribution in [0.4, 0.5) is 0 Å². The summed E-state index contributed by atoms with van der Waals surface area (Å²) in [4.78, 5) is 27.5. The fourth-order valence-corrected chi connectivity index (χ4v) is 11.5. The zero-order valence-corrected chi connectivity index (χ0v) is 40.0. The van der Waals surface area contributed by atoms with Crippen LogP contribution in [0.2, 0.25) is 0 Å². The number of aliphatic hydroxyl groups is 1. The van der Waals surface area contributed by atoms with Crippen LogP contribution in [0.25, 0.3) is 0 Å². The minimum absolute atomic E-state index is 0.0144. The SMILES string of the molecule is COCCN1C2=CCC(S(=O)(=O)O)C=C2C(C)(CCCS(=O)(=O)[O-])/C1=C\C=C\CCC1=[N+](CCCCCC(=O)NCCN2C(=O)C=CC2O)C2C=CC(S(=O)(=O)O)=CC2C1(C)CCOC. The number of rotatable bonds is 25. The molecule has 6 unspecified atom stereocenters. The molecule has 0 bridgehead atoms. The quantitative estimate of drug-likeness (QED) is 0.0582. The van der Waals surface area contributed by atoms with E-state index in [1.807, 2.05) is 36.1 Å². The second kappa shape index (κ2) is 21.9. The van der Waals surface area contributed by atoms with Gasteiger partial charge in [0, 0.05) is 88.4 Å². The highest BCUT2D eigenvalue weighted by molar-refractivity contribution is 7.90. The van der Waals surface area contributed by atoms with Gasteiger partial charge in [-0.3, -0.25) is 18.7 Å². The fourth-order valence-electron chi connectivity index (χ4n) is 9.81. The van der Waals surface area contributed by atoms with Crippen LogP contribution < -0.4 is 5.32 Å². The van der Waals surface area contributed by atoms with Crippen LogP contribution in [0.15, 0.2) is 82.6 Å². The number of carbonyl (C=O) groups excluding carboxylic acids is 2. The third-order valence-electron chi connectivity index (χ3n) is 13.2. The summed E-state index contributed by atoms with van der Waals surface area (Å²) in [7, 11) is -10.3. The first-order valence-corrected chi connectivity index (χ1v) is 26.5. The number of hydrogen-bond donors (Lipinski definition) is 4. The van der Waals surface area contributed by atoms with Gasteiger partial charge < -0.3 is 34.2 Å². The van der Waals surface area contributed by atoms with Crippen molar-refractivity contribution >= 4 is 47.9 Å². The van der Waals surface area contributed by atoms with Gasteiger partial charge in [0.1, 0.15) is 18.0 Å². The van der Waals surface area contributed by atoms with Gasteiger partial charge in [0.25, 0.3) is 20.2 Å². The molecule has 362 valence electrons. The van der Waals surface area contributed by atoms with Crippen molar-refractivity contribution in [3.05, 3.63) is 82.6 Å². The lowest BCUT2D eigenvalue weighted by Gasteiger charge is -2.30. The van der Waals surface area contributed by atoms with E-state index in [0.29, 0.717) is 57.6 Å². The number of nitrogens with zero attached hydrogens (tertiary/aromatic N) is 3. The maximum Gasteiger partial charge on any atom is 0.294 e. The second-order valence-electron chi connectivity index (χ2n) is 17.5. The summed E-state index contributed by atoms with van der Waals surface area (Å²) in [5.74, 6) is -1.39. The summed E-state index contributed by atoms with van der Waals surface area (Å²) >= 11 is 0. The predicted molar refractivity (Wildman–Crippen MR) is 242 cm³/mol. The molecule has 65 heavy (non-hydrogen) atoms. The molecule has 0 radical (unpaired) electrons. The van der Waals surface area contributed by atoms with E-state index in [-0.39, 0.29) is 67.5 Å². The first kappa shape index (κ1) is 52.2. The first-order chi connectivity index (χ1) is 30.5. The number of aliphatic hydroxyl groups excluding tert-OH is 1. The molecule has 2 aliphatic carbocycles. The van der Waals surface area contributed by atoms with Crippen LogP contribution in [-0.4, -0.2) is 153 Å². The Bertz CT molecular complexity index is 2390. The van der Waals surface area contributed by atoms with Gasteiger partial charge in [-0.2, -0.15) is 16.8 Å². The molecular formula is C44H64N4O14S3. The van der Waals surface area contributed by atoms with Crippen molar-refractivity contribution < 1.29 is 67.7 Å². The van der Waals surface area contributed by atoms with Crippen LogP contribution in [0.3, 0.4) is 0 Å². The molecule has 6 atom stereocenters. The second-order valence-corrected chi connectivity index (χ2v) is 22.1. The average molecular weight is 969 g/mol. The van der Waals surface area contributed by atoms with Crippen molar-refractivity contribution in [3.8, 4) is 0 Å². The molecule has 0 aromatic heterocycles. The van der Waals surface area contributed by atoms with Crippen LogP contribution in [0, 0.1) is 16.7 Å². The standard InChI is InChI=1S/C44H64N4O14S3/c1-43(21-11-29-63(52,53)54)34-30-32(64(55,56)57)16-18-37(34)47(26-28-62-4)38(43)12-7-5-8-13-39-44(2,22-27-61-3)35-31-33(65(58,59)60)15-17-36(35)46(39)24-10-6-9-14-40(49)45-23-25-48-41(50)19-20-42(48)51/h5,7,12,15,17-20,30-32,35-36,41,50H,6,8-11,13-14,16,21-29H2,1-4H3,(H3-,45,49,52,53,54,55,56,57,58,59,60)/b7-5+,38-12+. The maximum atomic E-state index is 12.6. The smallest absolute Gasteiger partial charge is 0.294 e. The summed E-state index contributed by atoms with van der Waals surface area (Å²) in [6.45, 7) is 6.05. The molecule has 5 rings (SSSR count). The Kier molecular flexibility index (Phi) is 17.6. The van der Waals surface area contributed by atoms with E-state index < -0.39 is 58.4 Å². The van der Waals surface area contributed by atoms with E-state index >= 15 is 0 Å². The van der Waals surface area contributed by atoms with Crippen molar-refractivity contribution in [1.29, 1.82) is 0 Å². The molecule has 2 amide bonds. The van der Waals surface area contributed by atoms with Gasteiger partial charge >= 0.3 is 0 Å². The van der Waals surface area contributed by atoms with Gasteiger partial charge in [-0.25, -0.2) is 13.0 Å². The minimum atomic E-state index is -4.53. The van der Waals surface area contributed by atoms with E-state index in [9.17, 15) is 53.6 Å². The molecule has 18 nitrogen and oxygen atoms in total. The Hall–Kier alpha value is -3.80. The Morgan fingerprint density at radius 2 is 1.72 bits per heavy atom. The number of fused-ring (bicyclic) bond motifs is 2. The topological polar surface area (TPSA) is 260 Å². The third kappa shape index (κ3) is 12.8. The molecular weight excluding hydrogens is 905 g/mol. The molecule has 0 aromatic rings. The van der Waals surface area contributed by atoms with Crippen LogP contribution >= 0.6 is 0 Å². The lowest BCUT2D eigenvalue weighted by molar-refractivity contribution is -0.552. The number of amides is 2. The average Bonchev–Trinajstić information content (AvgIpc) is 3.76. The van der Waals surface area contributed by atoms with Gasteiger partial charge in [-0.15, -0.1) is 0 Å². The Morgan fingerprint density at radius 3 is 2.37 bits per heavy atom. The van der Waals surface area contributed by atoms with E-state index in [1.54, 1.807) is 26.4 Å². The zero-order chi connectivity index (χ0) is 47.8. The lowest BCUT2D eigenvalue weighted by atomic mass is 9.69. The molecule has 3 heterocycles. The van der Waals surface area contributed by atoms with Gasteiger partial charge in [0.15, 0.2) is 11.8 Å². The van der Waals surface area contributed by atoms with Gasteiger partial charge in [-0.05, 0) is 88.7 Å². The summed E-state index contributed by atoms with van der Waals surface area (Å²) in [6, 6.07) is -0.215. The Balaban J connectivity index is 1.38. The predicted octanol–water partition coefficient (Wildman–Crippen LogP) is 3.20. The number of methoxy groups -OCH3 is 2. The van der Waals surface area contributed by atoms with Crippen molar-refractivity contribution in [3.63, 3.8) is 0 Å². The maximum absolute atomic E-state index is 12.6. The number of hydrogen-bond acceptors (Lipinski definition) is 13. The van der Waals surface area contributed by atoms with Crippen molar-refractivity contribution in [1.82, 2.24) is 15.1 Å². The highest BCUT2D eigenvalue weighted by Gasteiger charge is 2.56. The number of nitrogens with one attached hydrogen (secondary N) is 1. The highest BCUT2D eigenvalue weighted by Crippen LogP contribution is 2.55. The number of carbonyl (C=O) groups is 2. The molecule has 1 saturated heterocycles. The fraction of sp³-hybridized carbons (Fsp3) is 0.614. The molecule has 4 N–H and O–H groups in total. The third-order valence-corrected chi connectivity index (χ3v) is 16.0. The van der Waals surface area contributed by atoms with Gasteiger partial charge in [-0.1, -0.05) is 30.4 Å².